The van der Waals surface area contributed by atoms with Crippen LogP contribution in [-0.2, 0) is 9.53 Å². The number of aliphatic hydroxyl groups is 1. The van der Waals surface area contributed by atoms with Crippen LogP contribution in [0.15, 0.2) is 24.3 Å². The maximum atomic E-state index is 12.4. The van der Waals surface area contributed by atoms with Crippen LogP contribution in [0.25, 0.3) is 0 Å². The number of esters is 1. The Morgan fingerprint density at radius 3 is 2.45 bits per heavy atom. The van der Waals surface area contributed by atoms with Gasteiger partial charge in [0.1, 0.15) is 6.54 Å². The van der Waals surface area contributed by atoms with Gasteiger partial charge in [-0.2, -0.15) is 0 Å². The Bertz CT molecular complexity index is 507. The number of methoxy groups -OCH3 is 1. The van der Waals surface area contributed by atoms with Crippen LogP contribution in [0.4, 0.5) is 5.69 Å². The number of hydrogen-bond acceptors (Lipinski definition) is 5. The molecular weight excluding hydrogens is 284 g/mol. The molecule has 0 aromatic heterocycles. The molecule has 120 valence electrons. The summed E-state index contributed by atoms with van der Waals surface area (Å²) in [6.07, 6.45) is 1.70. The lowest BCUT2D eigenvalue weighted by molar-refractivity contribution is -0.138. The molecule has 1 aromatic carbocycles. The van der Waals surface area contributed by atoms with E-state index in [-0.39, 0.29) is 25.0 Å². The minimum Gasteiger partial charge on any atom is -0.468 e. The molecule has 0 atom stereocenters. The van der Waals surface area contributed by atoms with Crippen LogP contribution < -0.4 is 5.32 Å². The molecule has 1 aliphatic rings. The normalized spacial score (nSPS) is 15.5. The van der Waals surface area contributed by atoms with Crippen LogP contribution in [0.5, 0.6) is 0 Å². The Kier molecular flexibility index (Phi) is 5.77. The number of carbonyl (C=O) groups excluding carboxylic acids is 2. The van der Waals surface area contributed by atoms with Crippen molar-refractivity contribution in [1.29, 1.82) is 0 Å². The summed E-state index contributed by atoms with van der Waals surface area (Å²) in [6.45, 7) is 1.67. The third kappa shape index (κ3) is 4.21. The molecule has 0 bridgehead atoms. The first-order valence-electron chi connectivity index (χ1n) is 7.45. The highest BCUT2D eigenvalue weighted by molar-refractivity contribution is 5.94. The number of nitrogens with zero attached hydrogens (tertiary/aromatic N) is 1. The van der Waals surface area contributed by atoms with Gasteiger partial charge in [-0.1, -0.05) is 0 Å². The van der Waals surface area contributed by atoms with E-state index < -0.39 is 0 Å². The lowest BCUT2D eigenvalue weighted by atomic mass is 9.97. The molecule has 2 N–H and O–H groups in total. The molecule has 6 heteroatoms. The number of likely N-dealkylation sites (tertiary alicyclic amines) is 1. The number of aliphatic hydroxyl groups excluding tert-OH is 1. The van der Waals surface area contributed by atoms with E-state index in [0.717, 1.165) is 18.5 Å². The van der Waals surface area contributed by atoms with Crippen molar-refractivity contribution in [3.05, 3.63) is 29.8 Å². The zero-order valence-electron chi connectivity index (χ0n) is 12.7. The first kappa shape index (κ1) is 16.3. The predicted octanol–water partition coefficient (Wildman–Crippen LogP) is 1.12. The lowest BCUT2D eigenvalue weighted by Crippen LogP contribution is -2.39. The van der Waals surface area contributed by atoms with E-state index in [0.29, 0.717) is 24.6 Å². The lowest BCUT2D eigenvalue weighted by Gasteiger charge is -2.31. The molecule has 2 rings (SSSR count). The number of rotatable bonds is 5. The summed E-state index contributed by atoms with van der Waals surface area (Å²) in [7, 11) is 1.34. The number of piperidine rings is 1. The van der Waals surface area contributed by atoms with Crippen molar-refractivity contribution in [2.75, 3.05) is 38.7 Å². The van der Waals surface area contributed by atoms with Crippen LogP contribution in [-0.4, -0.2) is 55.2 Å². The smallest absolute Gasteiger partial charge is 0.325 e. The van der Waals surface area contributed by atoms with Crippen LogP contribution >= 0.6 is 0 Å². The van der Waals surface area contributed by atoms with Crippen LogP contribution in [0.2, 0.25) is 0 Å². The van der Waals surface area contributed by atoms with E-state index >= 15 is 0 Å². The molecule has 6 nitrogen and oxygen atoms in total. The average molecular weight is 306 g/mol. The number of ether oxygens (including phenoxy) is 1. The molecule has 1 saturated heterocycles. The number of amides is 1. The monoisotopic (exact) mass is 306 g/mol. The quantitative estimate of drug-likeness (QED) is 0.797. The molecule has 1 fully saturated rings. The van der Waals surface area contributed by atoms with Crippen molar-refractivity contribution in [3.8, 4) is 0 Å². The van der Waals surface area contributed by atoms with Gasteiger partial charge in [-0.3, -0.25) is 9.59 Å². The summed E-state index contributed by atoms with van der Waals surface area (Å²) in [5, 5.41) is 12.1. The van der Waals surface area contributed by atoms with Gasteiger partial charge in [-0.25, -0.2) is 0 Å². The minimum absolute atomic E-state index is 0.0101. The summed E-state index contributed by atoms with van der Waals surface area (Å²) < 4.78 is 4.55. The summed E-state index contributed by atoms with van der Waals surface area (Å²) in [6, 6.07) is 7.05. The maximum Gasteiger partial charge on any atom is 0.325 e. The minimum atomic E-state index is -0.341. The number of hydrogen-bond donors (Lipinski definition) is 2. The third-order valence-corrected chi connectivity index (χ3v) is 3.96. The molecule has 0 spiro atoms. The summed E-state index contributed by atoms with van der Waals surface area (Å²) >= 11 is 0. The number of nitrogens with one attached hydrogen (secondary N) is 1. The average Bonchev–Trinajstić information content (AvgIpc) is 2.59. The molecule has 0 aliphatic carbocycles. The standard InChI is InChI=1S/C16H22N2O4/c1-22-15(20)10-17-14-4-2-13(3-5-14)16(21)18-8-6-12(11-19)7-9-18/h2-5,12,17,19H,6-11H2,1H3. The Morgan fingerprint density at radius 2 is 1.91 bits per heavy atom. The topological polar surface area (TPSA) is 78.9 Å². The molecule has 1 heterocycles. The van der Waals surface area contributed by atoms with Crippen molar-refractivity contribution in [1.82, 2.24) is 4.90 Å². The first-order valence-corrected chi connectivity index (χ1v) is 7.45. The molecule has 1 amide bonds. The Hall–Kier alpha value is -2.08. The van der Waals surface area contributed by atoms with E-state index in [2.05, 4.69) is 10.1 Å². The Balaban J connectivity index is 1.90. The second-order valence-electron chi connectivity index (χ2n) is 5.43. The Morgan fingerprint density at radius 1 is 1.27 bits per heavy atom. The van der Waals surface area contributed by atoms with Crippen molar-refractivity contribution in [2.24, 2.45) is 5.92 Å². The highest BCUT2D eigenvalue weighted by Crippen LogP contribution is 2.19. The van der Waals surface area contributed by atoms with Gasteiger partial charge >= 0.3 is 5.97 Å². The fraction of sp³-hybridized carbons (Fsp3) is 0.500. The fourth-order valence-corrected chi connectivity index (χ4v) is 2.48. The second-order valence-corrected chi connectivity index (χ2v) is 5.43. The predicted molar refractivity (Wildman–Crippen MR) is 82.7 cm³/mol. The molecule has 0 radical (unpaired) electrons. The van der Waals surface area contributed by atoms with Gasteiger partial charge in [0, 0.05) is 30.9 Å². The van der Waals surface area contributed by atoms with E-state index in [1.165, 1.54) is 7.11 Å². The highest BCUT2D eigenvalue weighted by atomic mass is 16.5. The van der Waals surface area contributed by atoms with Crippen molar-refractivity contribution < 1.29 is 19.4 Å². The molecule has 0 saturated carbocycles. The van der Waals surface area contributed by atoms with Crippen LogP contribution in [0.3, 0.4) is 0 Å². The number of carbonyl (C=O) groups is 2. The van der Waals surface area contributed by atoms with E-state index in [1.807, 2.05) is 4.90 Å². The zero-order chi connectivity index (χ0) is 15.9. The van der Waals surface area contributed by atoms with Gasteiger partial charge in [0.15, 0.2) is 0 Å². The largest absolute Gasteiger partial charge is 0.468 e. The molecule has 1 aromatic rings. The van der Waals surface area contributed by atoms with Gasteiger partial charge < -0.3 is 20.1 Å². The van der Waals surface area contributed by atoms with Crippen LogP contribution in [0, 0.1) is 5.92 Å². The van der Waals surface area contributed by atoms with Gasteiger partial charge in [0.25, 0.3) is 5.91 Å². The van der Waals surface area contributed by atoms with Crippen molar-refractivity contribution in [3.63, 3.8) is 0 Å². The number of benzene rings is 1. The Labute approximate surface area is 130 Å². The fourth-order valence-electron chi connectivity index (χ4n) is 2.48. The summed E-state index contributed by atoms with van der Waals surface area (Å²) in [4.78, 5) is 25.3. The summed E-state index contributed by atoms with van der Waals surface area (Å²) in [5.41, 5.74) is 1.40. The van der Waals surface area contributed by atoms with Crippen LogP contribution in [0.1, 0.15) is 23.2 Å². The van der Waals surface area contributed by atoms with E-state index in [4.69, 9.17) is 5.11 Å². The second kappa shape index (κ2) is 7.79. The third-order valence-electron chi connectivity index (χ3n) is 3.96. The van der Waals surface area contributed by atoms with Crippen molar-refractivity contribution in [2.45, 2.75) is 12.8 Å². The molecular formula is C16H22N2O4. The van der Waals surface area contributed by atoms with Gasteiger partial charge in [-0.05, 0) is 43.0 Å². The van der Waals surface area contributed by atoms with Gasteiger partial charge in [0.2, 0.25) is 0 Å². The van der Waals surface area contributed by atoms with Crippen molar-refractivity contribution >= 4 is 17.6 Å². The highest BCUT2D eigenvalue weighted by Gasteiger charge is 2.23. The zero-order valence-corrected chi connectivity index (χ0v) is 12.7. The first-order chi connectivity index (χ1) is 10.6. The molecule has 1 aliphatic heterocycles. The van der Waals surface area contributed by atoms with Gasteiger partial charge in [0.05, 0.1) is 7.11 Å². The SMILES string of the molecule is COC(=O)CNc1ccc(C(=O)N2CCC(CO)CC2)cc1. The van der Waals surface area contributed by atoms with E-state index in [9.17, 15) is 9.59 Å². The van der Waals surface area contributed by atoms with E-state index in [1.54, 1.807) is 24.3 Å². The summed E-state index contributed by atoms with van der Waals surface area (Å²) in [5.74, 6) is -0.0169. The number of anilines is 1. The molecule has 0 unspecified atom stereocenters. The van der Waals surface area contributed by atoms with Gasteiger partial charge in [-0.15, -0.1) is 0 Å². The maximum absolute atomic E-state index is 12.4. The molecule has 22 heavy (non-hydrogen) atoms.